The molecule has 0 radical (unpaired) electrons. The molecule has 1 nitrogen and oxygen atoms in total. The predicted molar refractivity (Wildman–Crippen MR) is 73.9 cm³/mol. The molecule has 0 spiro atoms. The topological polar surface area (TPSA) is 17.1 Å². The van der Waals surface area contributed by atoms with Crippen molar-refractivity contribution < 1.29 is 4.79 Å². The Morgan fingerprint density at radius 1 is 0.824 bits per heavy atom. The number of hydrogen-bond donors (Lipinski definition) is 0. The lowest BCUT2D eigenvalue weighted by atomic mass is 9.81. The Kier molecular flexibility index (Phi) is 4.01. The first kappa shape index (κ1) is 14.2. The van der Waals surface area contributed by atoms with Gasteiger partial charge in [0.05, 0.1) is 0 Å². The second-order valence-electron chi connectivity index (χ2n) is 7.25. The molecule has 0 bridgehead atoms. The van der Waals surface area contributed by atoms with Gasteiger partial charge in [0.25, 0.3) is 0 Å². The normalized spacial score (nSPS) is 23.5. The van der Waals surface area contributed by atoms with Gasteiger partial charge in [-0.25, -0.2) is 0 Å². The Labute approximate surface area is 106 Å². The van der Waals surface area contributed by atoms with E-state index in [2.05, 4.69) is 53.7 Å². The first-order valence-corrected chi connectivity index (χ1v) is 6.57. The van der Waals surface area contributed by atoms with Crippen molar-refractivity contribution in [3.05, 3.63) is 23.3 Å². The Morgan fingerprint density at radius 2 is 1.18 bits per heavy atom. The van der Waals surface area contributed by atoms with Crippen molar-refractivity contribution in [3.63, 3.8) is 0 Å². The highest BCUT2D eigenvalue weighted by atomic mass is 16.1. The van der Waals surface area contributed by atoms with Gasteiger partial charge in [0.15, 0.2) is 5.78 Å². The third kappa shape index (κ3) is 4.89. The molecule has 0 atom stereocenters. The quantitative estimate of drug-likeness (QED) is 0.556. The monoisotopic (exact) mass is 234 g/mol. The van der Waals surface area contributed by atoms with Crippen molar-refractivity contribution in [1.29, 1.82) is 0 Å². The van der Waals surface area contributed by atoms with Gasteiger partial charge in [-0.2, -0.15) is 0 Å². The van der Waals surface area contributed by atoms with Gasteiger partial charge in [-0.1, -0.05) is 53.7 Å². The second kappa shape index (κ2) is 4.80. The van der Waals surface area contributed by atoms with Gasteiger partial charge >= 0.3 is 0 Å². The van der Waals surface area contributed by atoms with Crippen LogP contribution in [0.25, 0.3) is 0 Å². The number of allylic oxidation sites excluding steroid dienone is 4. The first-order chi connectivity index (χ1) is 7.58. The molecular weight excluding hydrogens is 208 g/mol. The molecule has 0 saturated heterocycles. The van der Waals surface area contributed by atoms with Gasteiger partial charge in [-0.15, -0.1) is 0 Å². The molecule has 0 unspecified atom stereocenters. The van der Waals surface area contributed by atoms with Gasteiger partial charge in [-0.05, 0) is 41.2 Å². The maximum atomic E-state index is 12.3. The molecule has 0 aromatic heterocycles. The van der Waals surface area contributed by atoms with Gasteiger partial charge in [0.2, 0.25) is 0 Å². The van der Waals surface area contributed by atoms with E-state index in [-0.39, 0.29) is 16.6 Å². The molecule has 96 valence electrons. The predicted octanol–water partition coefficient (Wildman–Crippen LogP) is 4.68. The minimum absolute atomic E-state index is 0.0924. The Balaban J connectivity index is 2.99. The molecular formula is C16H26O. The summed E-state index contributed by atoms with van der Waals surface area (Å²) in [6.07, 6.45) is 7.28. The summed E-state index contributed by atoms with van der Waals surface area (Å²) >= 11 is 0. The molecule has 1 aliphatic rings. The number of carbonyl (C=O) groups excluding carboxylic acids is 1. The van der Waals surface area contributed by atoms with Crippen LogP contribution >= 0.6 is 0 Å². The molecule has 1 aliphatic carbocycles. The van der Waals surface area contributed by atoms with E-state index in [0.29, 0.717) is 0 Å². The fourth-order valence-corrected chi connectivity index (χ4v) is 2.22. The lowest BCUT2D eigenvalue weighted by molar-refractivity contribution is -0.113. The summed E-state index contributed by atoms with van der Waals surface area (Å²) in [5.41, 5.74) is 2.21. The summed E-state index contributed by atoms with van der Waals surface area (Å²) in [5, 5.41) is 0. The van der Waals surface area contributed by atoms with Crippen molar-refractivity contribution in [2.45, 2.75) is 60.8 Å². The fourth-order valence-electron chi connectivity index (χ4n) is 2.22. The second-order valence-corrected chi connectivity index (χ2v) is 7.25. The smallest absolute Gasteiger partial charge is 0.184 e. The van der Waals surface area contributed by atoms with E-state index in [9.17, 15) is 4.79 Å². The standard InChI is InChI=1S/C16H26O/c1-15(2,3)10-12-8-7-9-13(14(12)17)11-16(4,5)6/h10-11H,7-9H2,1-6H3/b12-10-,13-11+. The third-order valence-electron chi connectivity index (χ3n) is 2.69. The summed E-state index contributed by atoms with van der Waals surface area (Å²) in [4.78, 5) is 12.3. The third-order valence-corrected chi connectivity index (χ3v) is 2.69. The molecule has 17 heavy (non-hydrogen) atoms. The van der Waals surface area contributed by atoms with Crippen LogP contribution in [0.5, 0.6) is 0 Å². The lowest BCUT2D eigenvalue weighted by Gasteiger charge is -2.23. The van der Waals surface area contributed by atoms with Crippen LogP contribution in [0.1, 0.15) is 60.8 Å². The SMILES string of the molecule is CC(C)(C)/C=C1/CCC/C(=C\C(C)(C)C)C1=O. The number of rotatable bonds is 0. The van der Waals surface area contributed by atoms with Crippen LogP contribution < -0.4 is 0 Å². The molecule has 1 saturated carbocycles. The zero-order chi connectivity index (χ0) is 13.3. The minimum atomic E-state index is 0.0924. The maximum Gasteiger partial charge on any atom is 0.184 e. The average Bonchev–Trinajstić information content (AvgIpc) is 2.07. The van der Waals surface area contributed by atoms with Gasteiger partial charge in [0, 0.05) is 0 Å². The van der Waals surface area contributed by atoms with Crippen molar-refractivity contribution >= 4 is 5.78 Å². The maximum absolute atomic E-state index is 12.3. The van der Waals surface area contributed by atoms with E-state index in [1.165, 1.54) is 0 Å². The first-order valence-electron chi connectivity index (χ1n) is 6.57. The van der Waals surface area contributed by atoms with Gasteiger partial charge in [0.1, 0.15) is 0 Å². The summed E-state index contributed by atoms with van der Waals surface area (Å²) in [5.74, 6) is 0.279. The van der Waals surface area contributed by atoms with E-state index < -0.39 is 0 Å². The van der Waals surface area contributed by atoms with Crippen LogP contribution in [-0.2, 0) is 4.79 Å². The van der Waals surface area contributed by atoms with Gasteiger partial charge in [-0.3, -0.25) is 4.79 Å². The van der Waals surface area contributed by atoms with Crippen molar-refractivity contribution in [2.75, 3.05) is 0 Å². The lowest BCUT2D eigenvalue weighted by Crippen LogP contribution is -2.17. The van der Waals surface area contributed by atoms with Gasteiger partial charge < -0.3 is 0 Å². The number of Topliss-reactive ketones (excluding diaryl/α,β-unsaturated/α-hetero) is 1. The highest BCUT2D eigenvalue weighted by Gasteiger charge is 2.23. The molecule has 1 fully saturated rings. The zero-order valence-corrected chi connectivity index (χ0v) is 12.2. The molecule has 0 aliphatic heterocycles. The van der Waals surface area contributed by atoms with Crippen molar-refractivity contribution in [2.24, 2.45) is 10.8 Å². The van der Waals surface area contributed by atoms with Crippen molar-refractivity contribution in [3.8, 4) is 0 Å². The minimum Gasteiger partial charge on any atom is -0.289 e. The largest absolute Gasteiger partial charge is 0.289 e. The highest BCUT2D eigenvalue weighted by Crippen LogP contribution is 2.31. The van der Waals surface area contributed by atoms with E-state index in [1.807, 2.05) is 0 Å². The molecule has 0 heterocycles. The molecule has 0 N–H and O–H groups in total. The van der Waals surface area contributed by atoms with Crippen LogP contribution in [0.4, 0.5) is 0 Å². The number of carbonyl (C=O) groups is 1. The Hall–Kier alpha value is -0.850. The summed E-state index contributed by atoms with van der Waals surface area (Å²) in [6, 6.07) is 0. The molecule has 0 amide bonds. The molecule has 1 heteroatoms. The van der Waals surface area contributed by atoms with E-state index in [1.54, 1.807) is 0 Å². The van der Waals surface area contributed by atoms with Crippen molar-refractivity contribution in [1.82, 2.24) is 0 Å². The van der Waals surface area contributed by atoms with Crippen LogP contribution in [0.15, 0.2) is 23.3 Å². The van der Waals surface area contributed by atoms with Crippen LogP contribution in [-0.4, -0.2) is 5.78 Å². The Bertz CT molecular complexity index is 322. The summed E-state index contributed by atoms with van der Waals surface area (Å²) in [6.45, 7) is 12.9. The molecule has 1 rings (SSSR count). The van der Waals surface area contributed by atoms with E-state index in [4.69, 9.17) is 0 Å². The van der Waals surface area contributed by atoms with E-state index in [0.717, 1.165) is 30.4 Å². The number of hydrogen-bond acceptors (Lipinski definition) is 1. The highest BCUT2D eigenvalue weighted by molar-refractivity contribution is 6.09. The number of ketones is 1. The zero-order valence-electron chi connectivity index (χ0n) is 12.2. The van der Waals surface area contributed by atoms with E-state index >= 15 is 0 Å². The fraction of sp³-hybridized carbons (Fsp3) is 0.688. The van der Waals surface area contributed by atoms with Crippen LogP contribution in [0.2, 0.25) is 0 Å². The van der Waals surface area contributed by atoms with Crippen LogP contribution in [0.3, 0.4) is 0 Å². The summed E-state index contributed by atoms with van der Waals surface area (Å²) in [7, 11) is 0. The molecule has 0 aromatic rings. The summed E-state index contributed by atoms with van der Waals surface area (Å²) < 4.78 is 0. The van der Waals surface area contributed by atoms with Crippen LogP contribution in [0, 0.1) is 10.8 Å². The Morgan fingerprint density at radius 3 is 1.47 bits per heavy atom. The molecule has 0 aromatic carbocycles. The average molecular weight is 234 g/mol.